The van der Waals surface area contributed by atoms with Crippen molar-refractivity contribution < 1.29 is 41.2 Å². The fraction of sp³-hybridized carbons (Fsp3) is 0.222. The summed E-state index contributed by atoms with van der Waals surface area (Å²) in [6.45, 7) is -0.688. The van der Waals surface area contributed by atoms with Gasteiger partial charge in [-0.1, -0.05) is 41.0 Å². The summed E-state index contributed by atoms with van der Waals surface area (Å²) in [4.78, 5) is 20.7. The molecule has 0 radical (unpaired) electrons. The second kappa shape index (κ2) is 10.1. The molecule has 2 rings (SSSR count). The fourth-order valence-electron chi connectivity index (χ4n) is 2.19. The van der Waals surface area contributed by atoms with Gasteiger partial charge in [-0.3, -0.25) is 0 Å². The molecule has 0 bridgehead atoms. The van der Waals surface area contributed by atoms with E-state index in [0.29, 0.717) is 0 Å². The van der Waals surface area contributed by atoms with E-state index in [4.69, 9.17) is 21.3 Å². The minimum Gasteiger partial charge on any atom is -0.451 e. The Morgan fingerprint density at radius 1 is 1.20 bits per heavy atom. The Morgan fingerprint density at radius 3 is 2.53 bits per heavy atom. The molecule has 0 spiro atoms. The van der Waals surface area contributed by atoms with Crippen LogP contribution in [-0.4, -0.2) is 25.3 Å². The predicted molar refractivity (Wildman–Crippen MR) is 96.4 cm³/mol. The number of nitrogens with one attached hydrogen (secondary N) is 1. The average molecular weight is 453 g/mol. The maximum Gasteiger partial charge on any atom is 0.440 e. The summed E-state index contributed by atoms with van der Waals surface area (Å²) in [5.74, 6) is -0.199. The van der Waals surface area contributed by atoms with Crippen molar-refractivity contribution in [2.75, 3.05) is 7.11 Å². The Bertz CT molecular complexity index is 922. The Hall–Kier alpha value is -3.08. The highest BCUT2D eigenvalue weighted by atomic mass is 35.5. The van der Waals surface area contributed by atoms with Crippen molar-refractivity contribution >= 4 is 23.4 Å². The number of nitrogens with zero attached hydrogens (tertiary/aromatic N) is 1. The van der Waals surface area contributed by atoms with Crippen LogP contribution in [0.1, 0.15) is 16.7 Å². The summed E-state index contributed by atoms with van der Waals surface area (Å²) < 4.78 is 70.1. The van der Waals surface area contributed by atoms with Crippen LogP contribution in [0.15, 0.2) is 47.6 Å². The van der Waals surface area contributed by atoms with Crippen molar-refractivity contribution in [2.45, 2.75) is 19.2 Å². The van der Waals surface area contributed by atoms with Gasteiger partial charge in [0.05, 0.1) is 17.7 Å². The van der Waals surface area contributed by atoms with E-state index in [1.54, 1.807) is 0 Å². The molecular weight excluding hydrogens is 439 g/mol. The molecule has 0 unspecified atom stereocenters. The molecule has 162 valence electrons. The summed E-state index contributed by atoms with van der Waals surface area (Å²) >= 11 is 5.87. The Kier molecular flexibility index (Phi) is 7.81. The fourth-order valence-corrected chi connectivity index (χ4v) is 2.35. The molecule has 0 saturated carbocycles. The number of methoxy groups -OCH3 is 1. The molecule has 30 heavy (non-hydrogen) atoms. The zero-order chi connectivity index (χ0) is 22.3. The van der Waals surface area contributed by atoms with Crippen molar-refractivity contribution in [1.29, 1.82) is 0 Å². The zero-order valence-electron chi connectivity index (χ0n) is 15.2. The molecule has 2 aromatic carbocycles. The van der Waals surface area contributed by atoms with Crippen LogP contribution in [0.3, 0.4) is 0 Å². The quantitative estimate of drug-likeness (QED) is 0.356. The van der Waals surface area contributed by atoms with Gasteiger partial charge in [0.1, 0.15) is 6.61 Å². The van der Waals surface area contributed by atoms with Crippen molar-refractivity contribution in [3.05, 3.63) is 64.2 Å². The van der Waals surface area contributed by atoms with Crippen LogP contribution in [0.5, 0.6) is 5.75 Å². The van der Waals surface area contributed by atoms with Crippen LogP contribution >= 0.6 is 11.6 Å². The second-order valence-corrected chi connectivity index (χ2v) is 5.95. The standard InChI is InChI=1S/C18H14ClF5N2O4/c1-28-17(27)26-30-14-8-10(6-7-13(14)19)15(16(20)21)25-29-9-11-4-2-3-5-12(11)18(22,23)24/h2-8,16H,9H2,1H3,(H,26,27)/b25-15-. The van der Waals surface area contributed by atoms with Gasteiger partial charge in [-0.25, -0.2) is 13.6 Å². The number of rotatable bonds is 7. The summed E-state index contributed by atoms with van der Waals surface area (Å²) in [6, 6.07) is 7.94. The van der Waals surface area contributed by atoms with E-state index in [1.165, 1.54) is 24.3 Å². The van der Waals surface area contributed by atoms with Crippen LogP contribution in [0.25, 0.3) is 0 Å². The lowest BCUT2D eigenvalue weighted by Gasteiger charge is -2.13. The highest BCUT2D eigenvalue weighted by molar-refractivity contribution is 6.32. The van der Waals surface area contributed by atoms with Crippen LogP contribution in [0.2, 0.25) is 5.02 Å². The second-order valence-electron chi connectivity index (χ2n) is 5.55. The molecule has 2 aromatic rings. The lowest BCUT2D eigenvalue weighted by molar-refractivity contribution is -0.138. The average Bonchev–Trinajstić information content (AvgIpc) is 2.70. The number of oxime groups is 1. The molecule has 0 saturated heterocycles. The third-order valence-corrected chi connectivity index (χ3v) is 3.88. The molecule has 0 aliphatic rings. The molecule has 1 N–H and O–H groups in total. The third kappa shape index (κ3) is 6.21. The smallest absolute Gasteiger partial charge is 0.440 e. The molecule has 0 heterocycles. The topological polar surface area (TPSA) is 69.2 Å². The van der Waals surface area contributed by atoms with E-state index in [0.717, 1.165) is 25.3 Å². The lowest BCUT2D eigenvalue weighted by Crippen LogP contribution is -2.26. The molecule has 0 fully saturated rings. The number of halogens is 6. The van der Waals surface area contributed by atoms with Gasteiger partial charge in [-0.2, -0.15) is 18.7 Å². The minimum absolute atomic E-state index is 0.0243. The molecule has 1 amide bonds. The lowest BCUT2D eigenvalue weighted by atomic mass is 10.1. The number of carbonyl (C=O) groups excluding carboxylic acids is 1. The Labute approximate surface area is 172 Å². The first kappa shape index (κ1) is 23.2. The molecule has 0 atom stereocenters. The van der Waals surface area contributed by atoms with E-state index < -0.39 is 36.6 Å². The van der Waals surface area contributed by atoms with Crippen molar-refractivity contribution in [3.63, 3.8) is 0 Å². The molecule has 0 aromatic heterocycles. The van der Waals surface area contributed by atoms with Crippen molar-refractivity contribution in [1.82, 2.24) is 5.48 Å². The number of hydrogen-bond acceptors (Lipinski definition) is 5. The largest absolute Gasteiger partial charge is 0.451 e. The molecule has 6 nitrogen and oxygen atoms in total. The van der Waals surface area contributed by atoms with Gasteiger partial charge in [-0.15, -0.1) is 0 Å². The van der Waals surface area contributed by atoms with Gasteiger partial charge in [-0.05, 0) is 18.2 Å². The Morgan fingerprint density at radius 2 is 1.90 bits per heavy atom. The predicted octanol–water partition coefficient (Wildman–Crippen LogP) is 5.19. The third-order valence-electron chi connectivity index (χ3n) is 3.57. The van der Waals surface area contributed by atoms with E-state index in [1.807, 2.05) is 5.48 Å². The van der Waals surface area contributed by atoms with Gasteiger partial charge >= 0.3 is 12.3 Å². The molecule has 12 heteroatoms. The number of amides is 1. The number of carbonyl (C=O) groups is 1. The minimum atomic E-state index is -4.63. The SMILES string of the molecule is COC(=O)NOc1cc(/C(=N/OCc2ccccc2C(F)(F)F)C(F)F)ccc1Cl. The highest BCUT2D eigenvalue weighted by Gasteiger charge is 2.33. The van der Waals surface area contributed by atoms with E-state index in [-0.39, 0.29) is 21.9 Å². The van der Waals surface area contributed by atoms with Crippen LogP contribution in [0, 0.1) is 0 Å². The molecule has 0 aliphatic heterocycles. The summed E-state index contributed by atoms with van der Waals surface area (Å²) in [6.07, 6.45) is -8.74. The van der Waals surface area contributed by atoms with Gasteiger partial charge in [0, 0.05) is 11.1 Å². The first-order valence-electron chi connectivity index (χ1n) is 8.07. The van der Waals surface area contributed by atoms with Crippen molar-refractivity contribution in [3.8, 4) is 5.75 Å². The van der Waals surface area contributed by atoms with Crippen molar-refractivity contribution in [2.24, 2.45) is 5.16 Å². The number of hydrogen-bond donors (Lipinski definition) is 1. The number of alkyl halides is 5. The summed E-state index contributed by atoms with van der Waals surface area (Å²) in [5.41, 5.74) is -0.448. The van der Waals surface area contributed by atoms with Gasteiger partial charge < -0.3 is 14.4 Å². The Balaban J connectivity index is 2.22. The number of ether oxygens (including phenoxy) is 1. The summed E-state index contributed by atoms with van der Waals surface area (Å²) in [7, 11) is 1.08. The normalized spacial score (nSPS) is 11.9. The highest BCUT2D eigenvalue weighted by Crippen LogP contribution is 2.32. The van der Waals surface area contributed by atoms with E-state index >= 15 is 0 Å². The van der Waals surface area contributed by atoms with E-state index in [2.05, 4.69) is 9.89 Å². The van der Waals surface area contributed by atoms with Gasteiger partial charge in [0.15, 0.2) is 11.5 Å². The maximum absolute atomic E-state index is 13.4. The molecule has 0 aliphatic carbocycles. The van der Waals surface area contributed by atoms with Crippen LogP contribution < -0.4 is 10.3 Å². The first-order valence-corrected chi connectivity index (χ1v) is 8.45. The first-order chi connectivity index (χ1) is 14.1. The van der Waals surface area contributed by atoms with Crippen LogP contribution in [-0.2, 0) is 22.4 Å². The van der Waals surface area contributed by atoms with Crippen LogP contribution in [0.4, 0.5) is 26.7 Å². The van der Waals surface area contributed by atoms with E-state index in [9.17, 15) is 26.7 Å². The monoisotopic (exact) mass is 452 g/mol. The number of hydroxylamine groups is 1. The number of benzene rings is 2. The van der Waals surface area contributed by atoms with Gasteiger partial charge in [0.25, 0.3) is 6.43 Å². The van der Waals surface area contributed by atoms with Gasteiger partial charge in [0.2, 0.25) is 0 Å². The molecular formula is C18H14ClF5N2O4. The maximum atomic E-state index is 13.4. The summed E-state index contributed by atoms with van der Waals surface area (Å²) in [5, 5.41) is 3.26. The zero-order valence-corrected chi connectivity index (χ0v) is 15.9.